The molecule has 0 aliphatic heterocycles. The summed E-state index contributed by atoms with van der Waals surface area (Å²) in [6.45, 7) is 0. The van der Waals surface area contributed by atoms with Gasteiger partial charge in [-0.2, -0.15) is 0 Å². The van der Waals surface area contributed by atoms with Crippen LogP contribution < -0.4 is 9.47 Å². The first kappa shape index (κ1) is 27.5. The number of carboxylic acid groups (broad SMARTS) is 2. The number of ether oxygens (including phenoxy) is 2. The fourth-order valence-corrected chi connectivity index (χ4v) is 1.66. The van der Waals surface area contributed by atoms with Crippen molar-refractivity contribution < 1.29 is 48.8 Å². The van der Waals surface area contributed by atoms with Crippen LogP contribution in [0.5, 0.6) is 11.5 Å². The minimum atomic E-state index is -0.720. The molecule has 0 fully saturated rings. The van der Waals surface area contributed by atoms with Crippen molar-refractivity contribution in [1.82, 2.24) is 0 Å². The summed E-state index contributed by atoms with van der Waals surface area (Å²) in [5.41, 5.74) is 0.602. The first-order valence-corrected chi connectivity index (χ1v) is 6.27. The Morgan fingerprint density at radius 3 is 1.20 bits per heavy atom. The summed E-state index contributed by atoms with van der Waals surface area (Å²) in [5.74, 6) is -0.537. The number of aliphatic hydroxyl groups excluding tert-OH is 2. The van der Waals surface area contributed by atoms with Crippen molar-refractivity contribution in [3.05, 3.63) is 74.5 Å². The topological polar surface area (TPSA) is 102 Å². The molecule has 6 nitrogen and oxygen atoms in total. The second kappa shape index (κ2) is 14.0. The van der Waals surface area contributed by atoms with Gasteiger partial charge in [-0.3, -0.25) is 0 Å². The molecular formula is C18H24O6Ru. The molecule has 0 aliphatic carbocycles. The van der Waals surface area contributed by atoms with E-state index in [1.165, 1.54) is 14.2 Å². The third-order valence-corrected chi connectivity index (χ3v) is 2.70. The average molecular weight is 437 g/mol. The van der Waals surface area contributed by atoms with Gasteiger partial charge in [-0.25, -0.2) is 0 Å². The number of rotatable bonds is 4. The Labute approximate surface area is 161 Å². The zero-order valence-corrected chi connectivity index (χ0v) is 16.3. The predicted octanol–water partition coefficient (Wildman–Crippen LogP) is 3.11. The van der Waals surface area contributed by atoms with Crippen LogP contribution in [-0.2, 0) is 19.5 Å². The number of methoxy groups -OCH3 is 2. The van der Waals surface area contributed by atoms with Crippen LogP contribution in [-0.4, -0.2) is 46.0 Å². The quantitative estimate of drug-likeness (QED) is 0.436. The fraction of sp³-hybridized carbons (Fsp3) is 0.111. The van der Waals surface area contributed by atoms with E-state index in [2.05, 4.69) is 0 Å². The number of benzene rings is 2. The van der Waals surface area contributed by atoms with Crippen LogP contribution in [0, 0.1) is 14.9 Å². The predicted molar refractivity (Wildman–Crippen MR) is 96.2 cm³/mol. The Morgan fingerprint density at radius 2 is 1.00 bits per heavy atom. The van der Waals surface area contributed by atoms with Gasteiger partial charge in [0.15, 0.2) is 11.1 Å². The molecule has 2 rings (SSSR count). The molecule has 25 heavy (non-hydrogen) atoms. The Balaban J connectivity index is -0.000000346. The molecule has 0 spiro atoms. The molecule has 0 unspecified atom stereocenters. The van der Waals surface area contributed by atoms with Crippen molar-refractivity contribution in [2.75, 3.05) is 14.2 Å². The van der Waals surface area contributed by atoms with Crippen molar-refractivity contribution >= 4 is 11.9 Å². The molecule has 0 heterocycles. The van der Waals surface area contributed by atoms with Gasteiger partial charge < -0.3 is 44.1 Å². The third-order valence-electron chi connectivity index (χ3n) is 2.70. The van der Waals surface area contributed by atoms with Crippen LogP contribution in [0.3, 0.4) is 0 Å². The summed E-state index contributed by atoms with van der Waals surface area (Å²) in [6.07, 6.45) is 0. The molecule has 2 aromatic rings. The summed E-state index contributed by atoms with van der Waals surface area (Å²) in [5, 5.41) is 17.5. The van der Waals surface area contributed by atoms with Crippen LogP contribution >= 0.6 is 0 Å². The van der Waals surface area contributed by atoms with E-state index in [1.807, 2.05) is 0 Å². The first-order valence-electron chi connectivity index (χ1n) is 6.27. The van der Waals surface area contributed by atoms with Gasteiger partial charge in [0.25, 0.3) is 0 Å². The molecule has 0 amide bonds. The minimum Gasteiger partial charge on any atom is -0.496 e. The average Bonchev–Trinajstić information content (AvgIpc) is 2.55. The molecule has 140 valence electrons. The van der Waals surface area contributed by atoms with Crippen LogP contribution in [0.1, 0.15) is 11.1 Å². The SMILES string of the molecule is COc1ccccc1C(O)=[OH+].COc1ccccc1C(O)=[OH+].[CH3-].[CH3-].[Ru]. The molecule has 0 radical (unpaired) electrons. The second-order valence-electron chi connectivity index (χ2n) is 4.05. The van der Waals surface area contributed by atoms with Gasteiger partial charge in [0.05, 0.1) is 14.2 Å². The van der Waals surface area contributed by atoms with Crippen molar-refractivity contribution in [3.63, 3.8) is 0 Å². The molecule has 4 N–H and O–H groups in total. The maximum atomic E-state index is 8.73. The van der Waals surface area contributed by atoms with Gasteiger partial charge in [-0.1, -0.05) is 24.3 Å². The van der Waals surface area contributed by atoms with E-state index in [4.69, 9.17) is 29.3 Å². The van der Waals surface area contributed by atoms with Crippen molar-refractivity contribution in [3.8, 4) is 11.5 Å². The summed E-state index contributed by atoms with van der Waals surface area (Å²) in [4.78, 5) is 17.5. The minimum absolute atomic E-state index is 0. The van der Waals surface area contributed by atoms with E-state index in [0.717, 1.165) is 0 Å². The molecule has 0 aliphatic rings. The molecule has 2 aromatic carbocycles. The number of hydrogen-bond donors (Lipinski definition) is 2. The molecular weight excluding hydrogens is 413 g/mol. The van der Waals surface area contributed by atoms with E-state index in [0.29, 0.717) is 22.6 Å². The number of hydrogen-bond acceptors (Lipinski definition) is 2. The summed E-state index contributed by atoms with van der Waals surface area (Å²) < 4.78 is 9.73. The van der Waals surface area contributed by atoms with Crippen LogP contribution in [0.25, 0.3) is 0 Å². The Bertz CT molecular complexity index is 600. The Hall–Kier alpha value is -2.40. The molecule has 0 saturated carbocycles. The summed E-state index contributed by atoms with van der Waals surface area (Å²) in [6, 6.07) is 13.3. The Kier molecular flexibility index (Phi) is 15.4. The Morgan fingerprint density at radius 1 is 0.720 bits per heavy atom. The second-order valence-corrected chi connectivity index (χ2v) is 4.05. The fourth-order valence-electron chi connectivity index (χ4n) is 1.66. The molecule has 0 aromatic heterocycles. The molecule has 0 bridgehead atoms. The largest absolute Gasteiger partial charge is 0.519 e. The van der Waals surface area contributed by atoms with Crippen LogP contribution in [0.15, 0.2) is 48.5 Å². The van der Waals surface area contributed by atoms with Crippen LogP contribution in [0.2, 0.25) is 0 Å². The zero-order chi connectivity index (χ0) is 16.5. The zero-order valence-electron chi connectivity index (χ0n) is 14.6. The molecule has 7 heteroatoms. The van der Waals surface area contributed by atoms with Gasteiger partial charge in [0.1, 0.15) is 11.5 Å². The van der Waals surface area contributed by atoms with E-state index in [1.54, 1.807) is 48.5 Å². The van der Waals surface area contributed by atoms with Gasteiger partial charge >= 0.3 is 11.9 Å². The van der Waals surface area contributed by atoms with Crippen LogP contribution in [0.4, 0.5) is 0 Å². The van der Waals surface area contributed by atoms with Crippen molar-refractivity contribution in [2.24, 2.45) is 0 Å². The maximum Gasteiger partial charge on any atom is 0.519 e. The van der Waals surface area contributed by atoms with Crippen molar-refractivity contribution in [2.45, 2.75) is 0 Å². The van der Waals surface area contributed by atoms with Gasteiger partial charge in [0.2, 0.25) is 0 Å². The van der Waals surface area contributed by atoms with E-state index >= 15 is 0 Å². The normalized spacial score (nSPS) is 8.08. The van der Waals surface area contributed by atoms with Gasteiger partial charge in [-0.05, 0) is 24.3 Å². The van der Waals surface area contributed by atoms with E-state index in [9.17, 15) is 0 Å². The standard InChI is InChI=1S/2C8H8O3.2CH3.Ru/c2*1-11-7-5-3-2-4-6(7)8(9)10;;;/h2*2-5H,1H3,(H,9,10);2*1H3;/q;;2*-1;/p+2. The number of carboxylic acids is 2. The third kappa shape index (κ3) is 8.31. The van der Waals surface area contributed by atoms with Crippen molar-refractivity contribution in [1.29, 1.82) is 0 Å². The smallest absolute Gasteiger partial charge is 0.496 e. The molecule has 0 saturated heterocycles. The molecule has 0 atom stereocenters. The van der Waals surface area contributed by atoms with Gasteiger partial charge in [0, 0.05) is 19.5 Å². The number of para-hydroxylation sites is 2. The monoisotopic (exact) mass is 438 g/mol. The summed E-state index contributed by atoms with van der Waals surface area (Å²) in [7, 11) is 2.95. The maximum absolute atomic E-state index is 8.73. The first-order chi connectivity index (χ1) is 10.5. The summed E-state index contributed by atoms with van der Waals surface area (Å²) >= 11 is 0. The van der Waals surface area contributed by atoms with E-state index < -0.39 is 11.9 Å². The van der Waals surface area contributed by atoms with Gasteiger partial charge in [-0.15, -0.1) is 0 Å². The van der Waals surface area contributed by atoms with E-state index in [-0.39, 0.29) is 34.3 Å². The number of aromatic carboxylic acids is 2.